The first-order valence-electron chi connectivity index (χ1n) is 4.80. The highest BCUT2D eigenvalue weighted by molar-refractivity contribution is 5.88. The van der Waals surface area contributed by atoms with Gasteiger partial charge in [0, 0.05) is 12.8 Å². The van der Waals surface area contributed by atoms with E-state index in [9.17, 15) is 14.4 Å². The molecule has 0 unspecified atom stereocenters. The Morgan fingerprint density at radius 3 is 1.67 bits per heavy atom. The predicted octanol–water partition coefficient (Wildman–Crippen LogP) is -1.38. The summed E-state index contributed by atoms with van der Waals surface area (Å²) in [7, 11) is 0. The maximum atomic E-state index is 9.91. The van der Waals surface area contributed by atoms with Gasteiger partial charge in [-0.25, -0.2) is 4.79 Å². The smallest absolute Gasteiger partial charge is 0.407 e. The van der Waals surface area contributed by atoms with Crippen LogP contribution in [0.5, 0.6) is 0 Å². The van der Waals surface area contributed by atoms with Crippen molar-refractivity contribution in [3.05, 3.63) is 0 Å². The SMILES string of the molecule is O=C1CO[C-]=N1.O=C1CO[C-]=N1.O=C1NCCO1. The molecule has 0 aromatic heterocycles. The summed E-state index contributed by atoms with van der Waals surface area (Å²) >= 11 is 0. The number of hydrogen-bond acceptors (Lipinski definition) is 6. The molecule has 0 aromatic carbocycles. The number of carbonyl (C=O) groups is 3. The van der Waals surface area contributed by atoms with Crippen molar-refractivity contribution in [2.24, 2.45) is 9.98 Å². The van der Waals surface area contributed by atoms with Crippen molar-refractivity contribution in [3.8, 4) is 0 Å². The van der Waals surface area contributed by atoms with Gasteiger partial charge in [-0.05, 0) is 0 Å². The first-order chi connectivity index (χ1) is 8.68. The molecule has 98 valence electrons. The van der Waals surface area contributed by atoms with E-state index >= 15 is 0 Å². The summed E-state index contributed by atoms with van der Waals surface area (Å²) in [5, 5.41) is 2.46. The maximum Gasteiger partial charge on any atom is 0.407 e. The maximum absolute atomic E-state index is 9.91. The summed E-state index contributed by atoms with van der Waals surface area (Å²) in [5.74, 6) is -0.509. The molecule has 3 aliphatic heterocycles. The van der Waals surface area contributed by atoms with E-state index < -0.39 is 0 Å². The first kappa shape index (κ1) is 13.6. The largest absolute Gasteiger partial charge is 0.581 e. The Morgan fingerprint density at radius 2 is 1.56 bits per heavy atom. The Balaban J connectivity index is 0.000000135. The van der Waals surface area contributed by atoms with E-state index in [1.807, 2.05) is 12.8 Å². The van der Waals surface area contributed by atoms with Gasteiger partial charge in [0.1, 0.15) is 18.4 Å². The van der Waals surface area contributed by atoms with E-state index in [0.29, 0.717) is 13.2 Å². The van der Waals surface area contributed by atoms with Crippen molar-refractivity contribution in [3.63, 3.8) is 0 Å². The molecule has 3 heterocycles. The van der Waals surface area contributed by atoms with Crippen LogP contribution in [0.1, 0.15) is 0 Å². The Morgan fingerprint density at radius 1 is 1.00 bits per heavy atom. The molecule has 0 aromatic rings. The molecule has 1 saturated heterocycles. The normalized spacial score (nSPS) is 18.8. The molecule has 0 aliphatic carbocycles. The second-order valence-electron chi connectivity index (χ2n) is 2.83. The zero-order chi connectivity index (χ0) is 13.2. The minimum Gasteiger partial charge on any atom is -0.581 e. The third-order valence-electron chi connectivity index (χ3n) is 1.47. The number of nitrogens with zero attached hydrogens (tertiary/aromatic N) is 2. The van der Waals surface area contributed by atoms with Crippen LogP contribution in [0.25, 0.3) is 0 Å². The molecular formula is C9H9N3O6-2. The van der Waals surface area contributed by atoms with E-state index in [0.717, 1.165) is 0 Å². The number of hydrogen-bond donors (Lipinski definition) is 1. The van der Waals surface area contributed by atoms with E-state index in [1.165, 1.54) is 0 Å². The van der Waals surface area contributed by atoms with Crippen molar-refractivity contribution in [1.29, 1.82) is 0 Å². The monoisotopic (exact) mass is 255 g/mol. The van der Waals surface area contributed by atoms with Crippen molar-refractivity contribution >= 4 is 30.7 Å². The number of cyclic esters (lactones) is 1. The number of carbonyl (C=O) groups excluding carboxylic acids is 3. The van der Waals surface area contributed by atoms with Crippen molar-refractivity contribution < 1.29 is 28.6 Å². The van der Waals surface area contributed by atoms with Crippen molar-refractivity contribution in [2.45, 2.75) is 0 Å². The fourth-order valence-corrected chi connectivity index (χ4v) is 0.767. The fraction of sp³-hybridized carbons (Fsp3) is 0.444. The molecular weight excluding hydrogens is 246 g/mol. The van der Waals surface area contributed by atoms with Gasteiger partial charge in [0.25, 0.3) is 0 Å². The molecule has 3 aliphatic rings. The van der Waals surface area contributed by atoms with Gasteiger partial charge in [-0.3, -0.25) is 0 Å². The Kier molecular flexibility index (Phi) is 5.87. The number of aliphatic imine (C=N–C) groups is 2. The van der Waals surface area contributed by atoms with Gasteiger partial charge in [-0.15, -0.1) is 0 Å². The quantitative estimate of drug-likeness (QED) is 0.533. The molecule has 0 atom stereocenters. The number of amides is 3. The lowest BCUT2D eigenvalue weighted by Gasteiger charge is -1.87. The number of nitrogens with one attached hydrogen (secondary N) is 1. The minimum absolute atomic E-state index is 0.0694. The average Bonchev–Trinajstić information content (AvgIpc) is 3.05. The molecule has 9 nitrogen and oxygen atoms in total. The van der Waals surface area contributed by atoms with Crippen molar-refractivity contribution in [2.75, 3.05) is 26.4 Å². The molecule has 1 N–H and O–H groups in total. The summed E-state index contributed by atoms with van der Waals surface area (Å²) in [6.45, 7) is 1.33. The van der Waals surface area contributed by atoms with Gasteiger partial charge in [-0.1, -0.05) is 0 Å². The zero-order valence-corrected chi connectivity index (χ0v) is 9.17. The summed E-state index contributed by atoms with van der Waals surface area (Å²) in [5.41, 5.74) is 0. The molecule has 18 heavy (non-hydrogen) atoms. The summed E-state index contributed by atoms with van der Waals surface area (Å²) in [6, 6.07) is 0. The first-order valence-corrected chi connectivity index (χ1v) is 4.80. The van der Waals surface area contributed by atoms with Crippen LogP contribution in [0.2, 0.25) is 0 Å². The van der Waals surface area contributed by atoms with Crippen LogP contribution in [0, 0.1) is 0 Å². The lowest BCUT2D eigenvalue weighted by molar-refractivity contribution is -0.119. The highest BCUT2D eigenvalue weighted by Gasteiger charge is 2.06. The van der Waals surface area contributed by atoms with Crippen molar-refractivity contribution in [1.82, 2.24) is 5.32 Å². The summed E-state index contributed by atoms with van der Waals surface area (Å²) < 4.78 is 13.0. The van der Waals surface area contributed by atoms with Gasteiger partial charge in [0.15, 0.2) is 0 Å². The Bertz CT molecular complexity index is 344. The third-order valence-corrected chi connectivity index (χ3v) is 1.47. The Hall–Kier alpha value is -2.45. The second-order valence-corrected chi connectivity index (χ2v) is 2.83. The number of ether oxygens (including phenoxy) is 3. The van der Waals surface area contributed by atoms with E-state index in [1.54, 1.807) is 0 Å². The summed E-state index contributed by atoms with van der Waals surface area (Å²) in [4.78, 5) is 35.9. The molecule has 0 radical (unpaired) electrons. The van der Waals surface area contributed by atoms with Crippen LogP contribution in [-0.4, -0.2) is 57.1 Å². The lowest BCUT2D eigenvalue weighted by atomic mass is 10.7. The highest BCUT2D eigenvalue weighted by Crippen LogP contribution is 1.83. The van der Waals surface area contributed by atoms with Gasteiger partial charge in [-0.2, -0.15) is 0 Å². The molecule has 1 fully saturated rings. The van der Waals surface area contributed by atoms with Crippen LogP contribution >= 0.6 is 0 Å². The minimum atomic E-state index is -0.296. The van der Waals surface area contributed by atoms with Gasteiger partial charge in [0.2, 0.25) is 0 Å². The summed E-state index contributed by atoms with van der Waals surface area (Å²) in [6.07, 6.45) is 3.80. The van der Waals surface area contributed by atoms with E-state index in [2.05, 4.69) is 29.5 Å². The fourth-order valence-electron chi connectivity index (χ4n) is 0.767. The van der Waals surface area contributed by atoms with Gasteiger partial charge in [0.05, 0.1) is 19.8 Å². The van der Waals surface area contributed by atoms with E-state index in [-0.39, 0.29) is 31.1 Å². The number of rotatable bonds is 0. The Labute approximate surface area is 102 Å². The molecule has 9 heteroatoms. The standard InChI is InChI=1S/2C3H2NO2.C3H5NO2/c2*5-3-1-6-2-4-3;5-3-4-1-2-6-3/h2*1H2;1-2H2,(H,4,5)/q2*-1;. The molecule has 0 saturated carbocycles. The lowest BCUT2D eigenvalue weighted by Crippen LogP contribution is -2.11. The topological polar surface area (TPSA) is 116 Å². The molecule has 3 rings (SSSR count). The van der Waals surface area contributed by atoms with Crippen LogP contribution in [-0.2, 0) is 23.8 Å². The van der Waals surface area contributed by atoms with Crippen LogP contribution < -0.4 is 5.32 Å². The van der Waals surface area contributed by atoms with Crippen LogP contribution in [0.15, 0.2) is 9.98 Å². The van der Waals surface area contributed by atoms with E-state index in [4.69, 9.17) is 0 Å². The predicted molar refractivity (Wildman–Crippen MR) is 56.1 cm³/mol. The molecule has 0 bridgehead atoms. The highest BCUT2D eigenvalue weighted by atomic mass is 16.6. The number of alkyl carbamates (subject to hydrolysis) is 1. The second kappa shape index (κ2) is 7.76. The zero-order valence-electron chi connectivity index (χ0n) is 9.17. The molecule has 3 amide bonds. The third kappa shape index (κ3) is 6.20. The van der Waals surface area contributed by atoms with Gasteiger partial charge < -0.3 is 39.1 Å². The average molecular weight is 255 g/mol. The van der Waals surface area contributed by atoms with Crippen LogP contribution in [0.4, 0.5) is 4.79 Å². The molecule has 0 spiro atoms. The van der Waals surface area contributed by atoms with Crippen LogP contribution in [0.3, 0.4) is 0 Å². The van der Waals surface area contributed by atoms with Gasteiger partial charge >= 0.3 is 6.09 Å².